The maximum Gasteiger partial charge on any atom is 0.173 e. The number of benzene rings is 2. The number of aromatic nitrogens is 3. The van der Waals surface area contributed by atoms with Crippen LogP contribution in [0.1, 0.15) is 0 Å². The number of pyridine rings is 1. The molecule has 0 bridgehead atoms. The lowest BCUT2D eigenvalue weighted by atomic mass is 10.2. The van der Waals surface area contributed by atoms with Gasteiger partial charge in [-0.25, -0.2) is 15.0 Å². The summed E-state index contributed by atoms with van der Waals surface area (Å²) in [6.45, 7) is 0. The van der Waals surface area contributed by atoms with Gasteiger partial charge in [-0.3, -0.25) is 0 Å². The number of methoxy groups -OCH3 is 2. The minimum absolute atomic E-state index is 0.704. The summed E-state index contributed by atoms with van der Waals surface area (Å²) in [5.74, 6) is 1.61. The number of ether oxygens (including phenoxy) is 2. The van der Waals surface area contributed by atoms with E-state index in [0.717, 1.165) is 42.0 Å². The Balaban J connectivity index is 1.63. The van der Waals surface area contributed by atoms with Gasteiger partial charge in [-0.05, 0) is 30.3 Å². The quantitative estimate of drug-likeness (QED) is 0.387. The highest BCUT2D eigenvalue weighted by molar-refractivity contribution is 7.23. The summed E-state index contributed by atoms with van der Waals surface area (Å²) in [6, 6.07) is 17.9. The smallest absolute Gasteiger partial charge is 0.173 e. The standard InChI is InChI=1S/C21H15N3O2S2/c1-25-14-9-5-3-7-12(14)20-23-18-16(27-20)11-17-19(22-18)24-21(28-17)13-8-4-6-10-15(13)26-2/h3-11H,1-2H3. The van der Waals surface area contributed by atoms with E-state index in [1.54, 1.807) is 36.9 Å². The summed E-state index contributed by atoms with van der Waals surface area (Å²) in [6.07, 6.45) is 0. The maximum atomic E-state index is 5.47. The molecule has 0 saturated carbocycles. The van der Waals surface area contributed by atoms with E-state index in [9.17, 15) is 0 Å². The second-order valence-electron chi connectivity index (χ2n) is 6.07. The SMILES string of the molecule is COc1ccccc1-c1nc2nc3nc(-c4ccccc4OC)sc3cc2s1. The van der Waals surface area contributed by atoms with Crippen LogP contribution in [0.5, 0.6) is 11.5 Å². The molecule has 0 aliphatic heterocycles. The molecule has 0 amide bonds. The summed E-state index contributed by atoms with van der Waals surface area (Å²) in [5.41, 5.74) is 3.35. The first-order chi connectivity index (χ1) is 13.8. The van der Waals surface area contributed by atoms with Crippen molar-refractivity contribution in [1.29, 1.82) is 0 Å². The molecule has 0 radical (unpaired) electrons. The highest BCUT2D eigenvalue weighted by atomic mass is 32.1. The van der Waals surface area contributed by atoms with Gasteiger partial charge in [-0.2, -0.15) is 0 Å². The summed E-state index contributed by atoms with van der Waals surface area (Å²) >= 11 is 3.22. The fourth-order valence-corrected chi connectivity index (χ4v) is 5.12. The number of thiazole rings is 2. The second kappa shape index (κ2) is 6.85. The topological polar surface area (TPSA) is 57.1 Å². The minimum Gasteiger partial charge on any atom is -0.496 e. The molecule has 5 aromatic rings. The lowest BCUT2D eigenvalue weighted by Gasteiger charge is -2.04. The fraction of sp³-hybridized carbons (Fsp3) is 0.0952. The minimum atomic E-state index is 0.704. The molecule has 0 aliphatic carbocycles. The Morgan fingerprint density at radius 2 is 1.11 bits per heavy atom. The van der Waals surface area contributed by atoms with Gasteiger partial charge in [0.05, 0.1) is 34.7 Å². The first kappa shape index (κ1) is 17.1. The van der Waals surface area contributed by atoms with Crippen molar-refractivity contribution in [2.24, 2.45) is 0 Å². The summed E-state index contributed by atoms with van der Waals surface area (Å²) < 4.78 is 13.0. The van der Waals surface area contributed by atoms with Crippen molar-refractivity contribution < 1.29 is 9.47 Å². The molecule has 0 N–H and O–H groups in total. The number of hydrogen-bond acceptors (Lipinski definition) is 7. The molecular formula is C21H15N3O2S2. The summed E-state index contributed by atoms with van der Waals surface area (Å²) in [7, 11) is 3.34. The van der Waals surface area contributed by atoms with Crippen molar-refractivity contribution in [2.45, 2.75) is 0 Å². The molecule has 0 atom stereocenters. The van der Waals surface area contributed by atoms with Crippen LogP contribution < -0.4 is 9.47 Å². The normalized spacial score (nSPS) is 11.2. The Morgan fingerprint density at radius 1 is 0.643 bits per heavy atom. The zero-order valence-corrected chi connectivity index (χ0v) is 16.8. The van der Waals surface area contributed by atoms with Crippen molar-refractivity contribution in [3.05, 3.63) is 54.6 Å². The van der Waals surface area contributed by atoms with E-state index in [4.69, 9.17) is 24.4 Å². The van der Waals surface area contributed by atoms with Crippen LogP contribution in [0.25, 0.3) is 41.8 Å². The lowest BCUT2D eigenvalue weighted by molar-refractivity contribution is 0.416. The van der Waals surface area contributed by atoms with E-state index >= 15 is 0 Å². The molecule has 0 aliphatic rings. The number of fused-ring (bicyclic) bond motifs is 2. The highest BCUT2D eigenvalue weighted by Gasteiger charge is 2.16. The molecule has 2 aromatic carbocycles. The average molecular weight is 406 g/mol. The Morgan fingerprint density at radius 3 is 1.57 bits per heavy atom. The van der Waals surface area contributed by atoms with Gasteiger partial charge >= 0.3 is 0 Å². The van der Waals surface area contributed by atoms with Crippen LogP contribution in [-0.4, -0.2) is 29.2 Å². The van der Waals surface area contributed by atoms with Gasteiger partial charge in [0, 0.05) is 0 Å². The van der Waals surface area contributed by atoms with Gasteiger partial charge in [0.1, 0.15) is 21.5 Å². The van der Waals surface area contributed by atoms with Crippen molar-refractivity contribution >= 4 is 43.4 Å². The van der Waals surface area contributed by atoms with E-state index in [0.29, 0.717) is 11.3 Å². The third-order valence-electron chi connectivity index (χ3n) is 4.42. The fourth-order valence-electron chi connectivity index (χ4n) is 3.09. The molecule has 0 saturated heterocycles. The van der Waals surface area contributed by atoms with Crippen LogP contribution in [0.4, 0.5) is 0 Å². The Hall–Kier alpha value is -3.03. The number of rotatable bonds is 4. The Kier molecular flexibility index (Phi) is 4.18. The van der Waals surface area contributed by atoms with Crippen LogP contribution in [0.15, 0.2) is 54.6 Å². The molecule has 5 rings (SSSR count). The van der Waals surface area contributed by atoms with E-state index in [1.165, 1.54) is 0 Å². The van der Waals surface area contributed by atoms with E-state index in [-0.39, 0.29) is 0 Å². The molecule has 0 unspecified atom stereocenters. The summed E-state index contributed by atoms with van der Waals surface area (Å²) in [4.78, 5) is 14.1. The van der Waals surface area contributed by atoms with Crippen LogP contribution in [0.2, 0.25) is 0 Å². The highest BCUT2D eigenvalue weighted by Crippen LogP contribution is 2.39. The lowest BCUT2D eigenvalue weighted by Crippen LogP contribution is -1.87. The van der Waals surface area contributed by atoms with Crippen LogP contribution >= 0.6 is 22.7 Å². The number of hydrogen-bond donors (Lipinski definition) is 0. The molecule has 3 heterocycles. The Bertz CT molecular complexity index is 1160. The number of nitrogens with zero attached hydrogens (tertiary/aromatic N) is 3. The van der Waals surface area contributed by atoms with Crippen molar-refractivity contribution in [2.75, 3.05) is 14.2 Å². The Labute approximate surface area is 169 Å². The molecule has 0 fully saturated rings. The van der Waals surface area contributed by atoms with Gasteiger partial charge in [0.25, 0.3) is 0 Å². The van der Waals surface area contributed by atoms with Crippen molar-refractivity contribution in [1.82, 2.24) is 15.0 Å². The van der Waals surface area contributed by atoms with E-state index in [2.05, 4.69) is 6.07 Å². The third-order valence-corrected chi connectivity index (χ3v) is 6.47. The van der Waals surface area contributed by atoms with Gasteiger partial charge in [-0.1, -0.05) is 24.3 Å². The predicted molar refractivity (Wildman–Crippen MR) is 115 cm³/mol. The summed E-state index contributed by atoms with van der Waals surface area (Å²) in [5, 5.41) is 1.78. The maximum absolute atomic E-state index is 5.47. The average Bonchev–Trinajstić information content (AvgIpc) is 3.34. The van der Waals surface area contributed by atoms with Gasteiger partial charge in [0.2, 0.25) is 0 Å². The molecule has 138 valence electrons. The monoisotopic (exact) mass is 405 g/mol. The molecular weight excluding hydrogens is 390 g/mol. The first-order valence-corrected chi connectivity index (χ1v) is 10.2. The molecule has 7 heteroatoms. The van der Waals surface area contributed by atoms with Crippen LogP contribution in [-0.2, 0) is 0 Å². The van der Waals surface area contributed by atoms with Gasteiger partial charge < -0.3 is 9.47 Å². The molecule has 3 aromatic heterocycles. The van der Waals surface area contributed by atoms with Crippen LogP contribution in [0.3, 0.4) is 0 Å². The zero-order chi connectivity index (χ0) is 19.1. The zero-order valence-electron chi connectivity index (χ0n) is 15.2. The van der Waals surface area contributed by atoms with Crippen LogP contribution in [0, 0.1) is 0 Å². The van der Waals surface area contributed by atoms with Gasteiger partial charge in [0.15, 0.2) is 11.3 Å². The van der Waals surface area contributed by atoms with Crippen molar-refractivity contribution in [3.8, 4) is 32.6 Å². The third kappa shape index (κ3) is 2.80. The van der Waals surface area contributed by atoms with E-state index in [1.807, 2.05) is 48.5 Å². The number of para-hydroxylation sites is 2. The van der Waals surface area contributed by atoms with Gasteiger partial charge in [-0.15, -0.1) is 22.7 Å². The largest absolute Gasteiger partial charge is 0.496 e. The van der Waals surface area contributed by atoms with E-state index < -0.39 is 0 Å². The molecule has 0 spiro atoms. The van der Waals surface area contributed by atoms with Crippen molar-refractivity contribution in [3.63, 3.8) is 0 Å². The predicted octanol–water partition coefficient (Wildman–Crippen LogP) is 5.65. The molecule has 28 heavy (non-hydrogen) atoms. The first-order valence-electron chi connectivity index (χ1n) is 8.61. The molecule has 5 nitrogen and oxygen atoms in total. The second-order valence-corrected chi connectivity index (χ2v) is 8.13.